The molecule has 1 unspecified atom stereocenters. The molecule has 0 amide bonds. The van der Waals surface area contributed by atoms with Crippen molar-refractivity contribution in [2.75, 3.05) is 11.9 Å². The van der Waals surface area contributed by atoms with Gasteiger partial charge in [0.1, 0.15) is 5.75 Å². The number of nitrogens with one attached hydrogen (secondary N) is 1. The first-order chi connectivity index (χ1) is 15.7. The van der Waals surface area contributed by atoms with Gasteiger partial charge in [-0.1, -0.05) is 61.5 Å². The number of rotatable bonds is 6. The average molecular weight is 424 g/mol. The molecule has 0 radical (unpaired) electrons. The Morgan fingerprint density at radius 3 is 2.62 bits per heavy atom. The van der Waals surface area contributed by atoms with Crippen LogP contribution in [-0.2, 0) is 0 Å². The Balaban J connectivity index is 1.71. The van der Waals surface area contributed by atoms with Gasteiger partial charge in [-0.15, -0.1) is 0 Å². The molecular formula is C27H25N3O2. The Labute approximate surface area is 187 Å². The van der Waals surface area contributed by atoms with Crippen molar-refractivity contribution in [3.8, 4) is 5.75 Å². The summed E-state index contributed by atoms with van der Waals surface area (Å²) in [5.41, 5.74) is 5.04. The quantitative estimate of drug-likeness (QED) is 0.387. The predicted molar refractivity (Wildman–Crippen MR) is 127 cm³/mol. The van der Waals surface area contributed by atoms with Gasteiger partial charge in [-0.05, 0) is 43.2 Å². The second-order valence-electron chi connectivity index (χ2n) is 7.98. The number of carbonyl (C=O) groups is 1. The van der Waals surface area contributed by atoms with E-state index in [0.717, 1.165) is 40.4 Å². The number of allylic oxidation sites excluding steroid dienone is 2. The first-order valence-corrected chi connectivity index (χ1v) is 10.9. The molecule has 1 N–H and O–H groups in total. The zero-order valence-corrected chi connectivity index (χ0v) is 18.2. The summed E-state index contributed by atoms with van der Waals surface area (Å²) in [6.07, 6.45) is 0.935. The highest BCUT2D eigenvalue weighted by atomic mass is 16.5. The Morgan fingerprint density at radius 2 is 1.81 bits per heavy atom. The molecule has 0 bridgehead atoms. The number of benzene rings is 3. The molecule has 0 saturated carbocycles. The maximum atomic E-state index is 13.8. The number of ether oxygens (including phenoxy) is 1. The second-order valence-corrected chi connectivity index (χ2v) is 7.98. The lowest BCUT2D eigenvalue weighted by Crippen LogP contribution is -2.28. The smallest absolute Gasteiger partial charge is 0.209 e. The van der Waals surface area contributed by atoms with Gasteiger partial charge < -0.3 is 10.1 Å². The van der Waals surface area contributed by atoms with E-state index in [0.29, 0.717) is 17.7 Å². The van der Waals surface area contributed by atoms with E-state index in [4.69, 9.17) is 9.72 Å². The summed E-state index contributed by atoms with van der Waals surface area (Å²) >= 11 is 0. The number of carbonyl (C=O) groups excluding carboxylic acids is 1. The minimum atomic E-state index is -0.323. The van der Waals surface area contributed by atoms with Gasteiger partial charge in [0.25, 0.3) is 0 Å². The van der Waals surface area contributed by atoms with Crippen LogP contribution in [0.25, 0.3) is 11.0 Å². The van der Waals surface area contributed by atoms with Crippen LogP contribution in [0.1, 0.15) is 42.2 Å². The lowest BCUT2D eigenvalue weighted by molar-refractivity contribution is 0.102. The van der Waals surface area contributed by atoms with Gasteiger partial charge in [-0.25, -0.2) is 4.98 Å². The molecule has 1 aliphatic heterocycles. The number of hydrogen-bond donors (Lipinski definition) is 1. The maximum absolute atomic E-state index is 13.8. The fraction of sp³-hybridized carbons (Fsp3) is 0.185. The fourth-order valence-corrected chi connectivity index (χ4v) is 4.31. The molecule has 0 fully saturated rings. The zero-order chi connectivity index (χ0) is 22.1. The number of anilines is 1. The molecule has 32 heavy (non-hydrogen) atoms. The third-order valence-electron chi connectivity index (χ3n) is 5.76. The highest BCUT2D eigenvalue weighted by molar-refractivity contribution is 6.11. The molecule has 4 aromatic rings. The van der Waals surface area contributed by atoms with E-state index in [1.54, 1.807) is 0 Å². The van der Waals surface area contributed by atoms with Crippen molar-refractivity contribution >= 4 is 22.8 Å². The van der Waals surface area contributed by atoms with E-state index in [-0.39, 0.29) is 11.8 Å². The number of hydrogen-bond acceptors (Lipinski definition) is 4. The molecule has 5 heteroatoms. The Kier molecular flexibility index (Phi) is 5.23. The third-order valence-corrected chi connectivity index (χ3v) is 5.76. The van der Waals surface area contributed by atoms with Crippen molar-refractivity contribution in [3.63, 3.8) is 0 Å². The fourth-order valence-electron chi connectivity index (χ4n) is 4.31. The van der Waals surface area contributed by atoms with Crippen molar-refractivity contribution in [2.24, 2.45) is 0 Å². The van der Waals surface area contributed by atoms with E-state index >= 15 is 0 Å². The Bertz CT molecular complexity index is 1320. The molecule has 2 heterocycles. The van der Waals surface area contributed by atoms with Crippen molar-refractivity contribution in [3.05, 3.63) is 101 Å². The van der Waals surface area contributed by atoms with Crippen molar-refractivity contribution in [2.45, 2.75) is 26.3 Å². The van der Waals surface area contributed by atoms with Crippen LogP contribution in [0.2, 0.25) is 0 Å². The molecule has 0 spiro atoms. The van der Waals surface area contributed by atoms with E-state index in [9.17, 15) is 4.79 Å². The van der Waals surface area contributed by atoms with Crippen LogP contribution < -0.4 is 10.1 Å². The molecular weight excluding hydrogens is 398 g/mol. The van der Waals surface area contributed by atoms with Gasteiger partial charge in [-0.3, -0.25) is 9.36 Å². The summed E-state index contributed by atoms with van der Waals surface area (Å²) in [6.45, 7) is 4.69. The van der Waals surface area contributed by atoms with Crippen LogP contribution in [0.3, 0.4) is 0 Å². The first kappa shape index (κ1) is 20.1. The number of para-hydroxylation sites is 2. The summed E-state index contributed by atoms with van der Waals surface area (Å²) in [7, 11) is 0. The number of nitrogens with zero attached hydrogens (tertiary/aromatic N) is 2. The first-order valence-electron chi connectivity index (χ1n) is 10.9. The molecule has 5 rings (SSSR count). The number of aromatic nitrogens is 2. The van der Waals surface area contributed by atoms with Gasteiger partial charge in [-0.2, -0.15) is 0 Å². The van der Waals surface area contributed by atoms with Gasteiger partial charge in [0.05, 0.1) is 23.7 Å². The van der Waals surface area contributed by atoms with E-state index in [2.05, 4.69) is 22.9 Å². The Morgan fingerprint density at radius 1 is 1.03 bits per heavy atom. The summed E-state index contributed by atoms with van der Waals surface area (Å²) in [5, 5.41) is 3.38. The maximum Gasteiger partial charge on any atom is 0.209 e. The third kappa shape index (κ3) is 3.46. The summed E-state index contributed by atoms with van der Waals surface area (Å²) < 4.78 is 8.03. The van der Waals surface area contributed by atoms with Crippen molar-refractivity contribution < 1.29 is 9.53 Å². The minimum absolute atomic E-state index is 0.00362. The van der Waals surface area contributed by atoms with E-state index < -0.39 is 0 Å². The predicted octanol–water partition coefficient (Wildman–Crippen LogP) is 6.00. The van der Waals surface area contributed by atoms with Gasteiger partial charge in [0.15, 0.2) is 5.78 Å². The van der Waals surface area contributed by atoms with Crippen LogP contribution in [0, 0.1) is 0 Å². The number of imidazole rings is 1. The number of Topliss-reactive ketones (excluding diaryl/α,β-unsaturated/α-hetero) is 1. The molecule has 160 valence electrons. The highest BCUT2D eigenvalue weighted by Gasteiger charge is 2.34. The monoisotopic (exact) mass is 423 g/mol. The normalized spacial score (nSPS) is 15.4. The van der Waals surface area contributed by atoms with E-state index in [1.165, 1.54) is 0 Å². The van der Waals surface area contributed by atoms with Crippen LogP contribution in [0.15, 0.2) is 90.1 Å². The standard InChI is InChI=1S/C27H25N3O2/c1-3-16-32-21-13-9-12-20(17-21)25-24(26(31)19-10-5-4-6-11-19)18(2)28-27-29-22-14-7-8-15-23(22)30(25)27/h4-15,17,25H,3,16H2,1-2H3,(H,28,29). The van der Waals surface area contributed by atoms with E-state index in [1.807, 2.05) is 79.7 Å². The highest BCUT2D eigenvalue weighted by Crippen LogP contribution is 2.41. The second kappa shape index (κ2) is 8.35. The van der Waals surface area contributed by atoms with Crippen LogP contribution in [0.4, 0.5) is 5.95 Å². The summed E-state index contributed by atoms with van der Waals surface area (Å²) in [5.74, 6) is 1.54. The van der Waals surface area contributed by atoms with Crippen LogP contribution >= 0.6 is 0 Å². The van der Waals surface area contributed by atoms with Gasteiger partial charge in [0.2, 0.25) is 5.95 Å². The lowest BCUT2D eigenvalue weighted by atomic mass is 9.89. The zero-order valence-electron chi connectivity index (χ0n) is 18.2. The summed E-state index contributed by atoms with van der Waals surface area (Å²) in [4.78, 5) is 18.5. The van der Waals surface area contributed by atoms with Gasteiger partial charge >= 0.3 is 0 Å². The molecule has 1 aliphatic rings. The van der Waals surface area contributed by atoms with Crippen LogP contribution in [-0.4, -0.2) is 21.9 Å². The largest absolute Gasteiger partial charge is 0.494 e. The summed E-state index contributed by atoms with van der Waals surface area (Å²) in [6, 6.07) is 25.2. The topological polar surface area (TPSA) is 56.1 Å². The van der Waals surface area contributed by atoms with Crippen LogP contribution in [0.5, 0.6) is 5.75 Å². The number of ketones is 1. The van der Waals surface area contributed by atoms with Crippen molar-refractivity contribution in [1.29, 1.82) is 0 Å². The molecule has 0 aliphatic carbocycles. The SMILES string of the molecule is CCCOc1cccc(C2C(C(=O)c3ccccc3)=C(C)Nc3nc4ccccc4n32)c1. The molecule has 1 atom stereocenters. The lowest BCUT2D eigenvalue weighted by Gasteiger charge is -2.31. The molecule has 3 aromatic carbocycles. The number of fused-ring (bicyclic) bond motifs is 3. The minimum Gasteiger partial charge on any atom is -0.494 e. The Hall–Kier alpha value is -3.86. The van der Waals surface area contributed by atoms with Crippen molar-refractivity contribution in [1.82, 2.24) is 9.55 Å². The molecule has 5 nitrogen and oxygen atoms in total. The molecule has 1 aromatic heterocycles. The molecule has 0 saturated heterocycles. The van der Waals surface area contributed by atoms with Gasteiger partial charge in [0, 0.05) is 16.8 Å². The average Bonchev–Trinajstić information content (AvgIpc) is 3.20.